The minimum atomic E-state index is -3.58. The molecule has 1 aromatic carbocycles. The van der Waals surface area contributed by atoms with E-state index in [2.05, 4.69) is 6.92 Å². The van der Waals surface area contributed by atoms with Crippen LogP contribution in [0.1, 0.15) is 70.8 Å². The topological polar surface area (TPSA) is 87.2 Å². The summed E-state index contributed by atoms with van der Waals surface area (Å²) in [5.74, 6) is -0.0727. The molecule has 1 aliphatic rings. The molecule has 37 heavy (non-hydrogen) atoms. The zero-order valence-corrected chi connectivity index (χ0v) is 24.2. The predicted molar refractivity (Wildman–Crippen MR) is 148 cm³/mol. The highest BCUT2D eigenvalue weighted by atomic mass is 35.5. The molecule has 2 rings (SSSR count). The van der Waals surface area contributed by atoms with Gasteiger partial charge in [-0.15, -0.1) is 0 Å². The number of sulfonamides is 1. The number of rotatable bonds is 16. The summed E-state index contributed by atoms with van der Waals surface area (Å²) >= 11 is 6.05. The number of carbonyl (C=O) groups excluding carboxylic acids is 2. The number of hydrogen-bond donors (Lipinski definition) is 0. The first kappa shape index (κ1) is 31.5. The van der Waals surface area contributed by atoms with E-state index in [1.807, 2.05) is 17.0 Å². The number of halogens is 1. The molecule has 0 radical (unpaired) electrons. The van der Waals surface area contributed by atoms with Crippen molar-refractivity contribution < 1.29 is 22.7 Å². The van der Waals surface area contributed by atoms with Crippen LogP contribution >= 0.6 is 11.6 Å². The molecular formula is C27H44ClN3O5S. The van der Waals surface area contributed by atoms with Gasteiger partial charge in [-0.05, 0) is 43.4 Å². The van der Waals surface area contributed by atoms with Crippen molar-refractivity contribution in [2.45, 2.75) is 77.8 Å². The van der Waals surface area contributed by atoms with Gasteiger partial charge in [0.1, 0.15) is 0 Å². The summed E-state index contributed by atoms with van der Waals surface area (Å²) < 4.78 is 32.1. The molecule has 0 aliphatic carbocycles. The zero-order chi connectivity index (χ0) is 27.3. The van der Waals surface area contributed by atoms with Gasteiger partial charge in [0.25, 0.3) is 0 Å². The molecule has 210 valence electrons. The summed E-state index contributed by atoms with van der Waals surface area (Å²) in [6.07, 6.45) is 6.65. The summed E-state index contributed by atoms with van der Waals surface area (Å²) in [4.78, 5) is 30.0. The Morgan fingerprint density at radius 3 is 2.32 bits per heavy atom. The number of unbranched alkanes of at least 4 members (excludes halogenated alkanes) is 3. The van der Waals surface area contributed by atoms with E-state index in [0.29, 0.717) is 50.3 Å². The zero-order valence-electron chi connectivity index (χ0n) is 22.7. The van der Waals surface area contributed by atoms with Crippen molar-refractivity contribution in [3.8, 4) is 0 Å². The molecule has 0 aromatic heterocycles. The van der Waals surface area contributed by atoms with Gasteiger partial charge in [-0.25, -0.2) is 8.42 Å². The summed E-state index contributed by atoms with van der Waals surface area (Å²) in [6.45, 7) is 5.63. The SMILES string of the molecule is CCCCCCC(=O)N1CCC(N(Cc2ccc(Cl)cc2)C(=O)CN(CCOC)S(=O)(=O)CCC)CC1. The Labute approximate surface area is 228 Å². The maximum atomic E-state index is 13.6. The molecule has 0 spiro atoms. The fourth-order valence-corrected chi connectivity index (χ4v) is 6.19. The van der Waals surface area contributed by atoms with Crippen molar-refractivity contribution >= 4 is 33.4 Å². The number of benzene rings is 1. The van der Waals surface area contributed by atoms with Gasteiger partial charge >= 0.3 is 0 Å². The molecule has 2 amide bonds. The van der Waals surface area contributed by atoms with Gasteiger partial charge in [0, 0.05) is 50.8 Å². The lowest BCUT2D eigenvalue weighted by atomic mass is 10.0. The van der Waals surface area contributed by atoms with Crippen LogP contribution in [0, 0.1) is 0 Å². The molecule has 1 heterocycles. The Morgan fingerprint density at radius 2 is 1.73 bits per heavy atom. The van der Waals surface area contributed by atoms with Crippen LogP contribution in [0.2, 0.25) is 5.02 Å². The van der Waals surface area contributed by atoms with Gasteiger partial charge in [0.2, 0.25) is 21.8 Å². The van der Waals surface area contributed by atoms with Crippen molar-refractivity contribution in [3.63, 3.8) is 0 Å². The van der Waals surface area contributed by atoms with E-state index in [1.54, 1.807) is 24.0 Å². The van der Waals surface area contributed by atoms with E-state index in [-0.39, 0.29) is 43.3 Å². The standard InChI is InChI=1S/C27H44ClN3O5S/c1-4-6-7-8-9-26(32)29-16-14-25(15-17-29)31(21-23-10-12-24(28)13-11-23)27(33)22-30(18-19-36-3)37(34,35)20-5-2/h10-13,25H,4-9,14-22H2,1-3H3. The van der Waals surface area contributed by atoms with E-state index in [9.17, 15) is 18.0 Å². The minimum absolute atomic E-state index is 0.0140. The van der Waals surface area contributed by atoms with Crippen LogP contribution in [0.25, 0.3) is 0 Å². The van der Waals surface area contributed by atoms with E-state index in [4.69, 9.17) is 16.3 Å². The Balaban J connectivity index is 2.13. The van der Waals surface area contributed by atoms with E-state index >= 15 is 0 Å². The van der Waals surface area contributed by atoms with Gasteiger partial charge in [0.05, 0.1) is 18.9 Å². The summed E-state index contributed by atoms with van der Waals surface area (Å²) in [7, 11) is -2.07. The van der Waals surface area contributed by atoms with Crippen molar-refractivity contribution in [1.82, 2.24) is 14.1 Å². The summed E-state index contributed by atoms with van der Waals surface area (Å²) in [5.41, 5.74) is 0.923. The second-order valence-electron chi connectivity index (χ2n) is 9.71. The van der Waals surface area contributed by atoms with Gasteiger partial charge in [0.15, 0.2) is 0 Å². The monoisotopic (exact) mass is 557 g/mol. The lowest BCUT2D eigenvalue weighted by Crippen LogP contribution is -2.51. The van der Waals surface area contributed by atoms with Gasteiger partial charge in [-0.3, -0.25) is 9.59 Å². The third-order valence-corrected chi connectivity index (χ3v) is 9.08. The average Bonchev–Trinajstić information content (AvgIpc) is 2.88. The molecule has 8 nitrogen and oxygen atoms in total. The number of hydrogen-bond acceptors (Lipinski definition) is 5. The van der Waals surface area contributed by atoms with Crippen LogP contribution in [0.5, 0.6) is 0 Å². The van der Waals surface area contributed by atoms with Crippen LogP contribution in [-0.4, -0.2) is 86.0 Å². The molecule has 0 atom stereocenters. The van der Waals surface area contributed by atoms with E-state index in [0.717, 1.165) is 31.2 Å². The van der Waals surface area contributed by atoms with Crippen LogP contribution in [0.4, 0.5) is 0 Å². The van der Waals surface area contributed by atoms with Crippen LogP contribution in [0.3, 0.4) is 0 Å². The first-order valence-corrected chi connectivity index (χ1v) is 15.5. The Bertz CT molecular complexity index is 934. The average molecular weight is 558 g/mol. The lowest BCUT2D eigenvalue weighted by Gasteiger charge is -2.39. The fourth-order valence-electron chi connectivity index (χ4n) is 4.63. The molecular weight excluding hydrogens is 514 g/mol. The van der Waals surface area contributed by atoms with Gasteiger partial charge in [-0.1, -0.05) is 56.8 Å². The molecule has 0 unspecified atom stereocenters. The normalized spacial score (nSPS) is 14.8. The molecule has 0 saturated carbocycles. The number of ether oxygens (including phenoxy) is 1. The molecule has 1 saturated heterocycles. The smallest absolute Gasteiger partial charge is 0.238 e. The maximum absolute atomic E-state index is 13.6. The van der Waals surface area contributed by atoms with Crippen LogP contribution < -0.4 is 0 Å². The minimum Gasteiger partial charge on any atom is -0.383 e. The van der Waals surface area contributed by atoms with Gasteiger partial charge in [-0.2, -0.15) is 4.31 Å². The van der Waals surface area contributed by atoms with Crippen molar-refractivity contribution in [3.05, 3.63) is 34.9 Å². The highest BCUT2D eigenvalue weighted by Crippen LogP contribution is 2.22. The predicted octanol–water partition coefficient (Wildman–Crippen LogP) is 4.32. The van der Waals surface area contributed by atoms with E-state index < -0.39 is 10.0 Å². The highest BCUT2D eigenvalue weighted by molar-refractivity contribution is 7.89. The molecule has 0 bridgehead atoms. The largest absolute Gasteiger partial charge is 0.383 e. The second-order valence-corrected chi connectivity index (χ2v) is 12.2. The van der Waals surface area contributed by atoms with Crippen LogP contribution in [0.15, 0.2) is 24.3 Å². The van der Waals surface area contributed by atoms with Crippen molar-refractivity contribution in [2.24, 2.45) is 0 Å². The number of carbonyl (C=O) groups is 2. The molecule has 1 fully saturated rings. The van der Waals surface area contributed by atoms with Crippen LogP contribution in [-0.2, 0) is 30.9 Å². The maximum Gasteiger partial charge on any atom is 0.238 e. The van der Waals surface area contributed by atoms with Crippen molar-refractivity contribution in [2.75, 3.05) is 45.6 Å². The second kappa shape index (κ2) is 16.3. The van der Waals surface area contributed by atoms with Crippen molar-refractivity contribution in [1.29, 1.82) is 0 Å². The number of amides is 2. The van der Waals surface area contributed by atoms with Gasteiger partial charge < -0.3 is 14.5 Å². The summed E-state index contributed by atoms with van der Waals surface area (Å²) in [5, 5.41) is 0.615. The quantitative estimate of drug-likeness (QED) is 0.283. The Hall–Kier alpha value is -1.68. The summed E-state index contributed by atoms with van der Waals surface area (Å²) in [6, 6.07) is 7.26. The fraction of sp³-hybridized carbons (Fsp3) is 0.704. The van der Waals surface area contributed by atoms with E-state index in [1.165, 1.54) is 11.4 Å². The number of piperidine rings is 1. The Kier molecular flexibility index (Phi) is 13.9. The third kappa shape index (κ3) is 10.5. The molecule has 1 aliphatic heterocycles. The third-order valence-electron chi connectivity index (χ3n) is 6.80. The number of methoxy groups -OCH3 is 1. The molecule has 1 aromatic rings. The first-order valence-electron chi connectivity index (χ1n) is 13.5. The lowest BCUT2D eigenvalue weighted by molar-refractivity contribution is -0.137. The number of likely N-dealkylation sites (tertiary alicyclic amines) is 1. The Morgan fingerprint density at radius 1 is 1.05 bits per heavy atom. The molecule has 10 heteroatoms. The highest BCUT2D eigenvalue weighted by Gasteiger charge is 2.32. The molecule has 0 N–H and O–H groups in total. The first-order chi connectivity index (χ1) is 17.7. The number of nitrogens with zero attached hydrogens (tertiary/aromatic N) is 3.